The molecule has 0 spiro atoms. The predicted molar refractivity (Wildman–Crippen MR) is 113 cm³/mol. The van der Waals surface area contributed by atoms with Crippen LogP contribution in [0.3, 0.4) is 0 Å². The number of ether oxygens (including phenoxy) is 2. The maximum absolute atomic E-state index is 12.8. The Kier molecular flexibility index (Phi) is 7.07. The van der Waals surface area contributed by atoms with Gasteiger partial charge in [0.2, 0.25) is 0 Å². The fourth-order valence-corrected chi connectivity index (χ4v) is 3.41. The molecular weight excluding hydrogens is 390 g/mol. The monoisotopic (exact) mass is 413 g/mol. The quantitative estimate of drug-likeness (QED) is 0.421. The zero-order chi connectivity index (χ0) is 20.8. The summed E-state index contributed by atoms with van der Waals surface area (Å²) in [4.78, 5) is 27.0. The van der Waals surface area contributed by atoms with Crippen molar-refractivity contribution in [3.05, 3.63) is 70.7 Å². The molecular formula is C23H24ClNO4. The number of nitrogens with zero attached hydrogens (tertiary/aromatic N) is 1. The van der Waals surface area contributed by atoms with Crippen molar-refractivity contribution in [3.8, 4) is 0 Å². The molecule has 3 rings (SSSR count). The first-order chi connectivity index (χ1) is 13.9. The number of benzene rings is 2. The van der Waals surface area contributed by atoms with Gasteiger partial charge >= 0.3 is 5.97 Å². The summed E-state index contributed by atoms with van der Waals surface area (Å²) >= 11 is 5.97. The number of hydrogen-bond acceptors (Lipinski definition) is 4. The van der Waals surface area contributed by atoms with Crippen LogP contribution in [0.1, 0.15) is 25.0 Å². The van der Waals surface area contributed by atoms with Gasteiger partial charge in [0.1, 0.15) is 0 Å². The van der Waals surface area contributed by atoms with Crippen molar-refractivity contribution in [3.63, 3.8) is 0 Å². The summed E-state index contributed by atoms with van der Waals surface area (Å²) in [5, 5.41) is 0.576. The minimum atomic E-state index is -0.557. The summed E-state index contributed by atoms with van der Waals surface area (Å²) < 4.78 is 11.0. The molecule has 2 aromatic rings. The third-order valence-electron chi connectivity index (χ3n) is 4.58. The van der Waals surface area contributed by atoms with Crippen LogP contribution in [-0.2, 0) is 19.1 Å². The van der Waals surface area contributed by atoms with Gasteiger partial charge in [-0.1, -0.05) is 54.1 Å². The van der Waals surface area contributed by atoms with Crippen LogP contribution in [-0.4, -0.2) is 48.7 Å². The van der Waals surface area contributed by atoms with E-state index in [0.29, 0.717) is 29.2 Å². The molecule has 1 aliphatic heterocycles. The van der Waals surface area contributed by atoms with Gasteiger partial charge in [0, 0.05) is 18.1 Å². The summed E-state index contributed by atoms with van der Waals surface area (Å²) in [6.07, 6.45) is 1.66. The van der Waals surface area contributed by atoms with Crippen LogP contribution in [0.5, 0.6) is 0 Å². The van der Waals surface area contributed by atoms with Gasteiger partial charge in [-0.15, -0.1) is 0 Å². The minimum absolute atomic E-state index is 0.0407. The summed E-state index contributed by atoms with van der Waals surface area (Å²) in [6, 6.07) is 16.4. The number of esters is 1. The molecule has 0 bridgehead atoms. The Hall–Kier alpha value is -2.63. The van der Waals surface area contributed by atoms with Gasteiger partial charge in [0.25, 0.3) is 5.91 Å². The van der Waals surface area contributed by atoms with Crippen molar-refractivity contribution in [2.45, 2.75) is 26.1 Å². The molecule has 0 N–H and O–H groups in total. The van der Waals surface area contributed by atoms with E-state index >= 15 is 0 Å². The van der Waals surface area contributed by atoms with Crippen LogP contribution < -0.4 is 0 Å². The number of carbonyl (C=O) groups is 2. The lowest BCUT2D eigenvalue weighted by atomic mass is 10.0. The molecule has 0 radical (unpaired) electrons. The molecule has 0 aromatic heterocycles. The molecule has 1 amide bonds. The summed E-state index contributed by atoms with van der Waals surface area (Å²) in [5.74, 6) is -0.783. The second-order valence-corrected chi connectivity index (χ2v) is 7.54. The third-order valence-corrected chi connectivity index (χ3v) is 4.84. The van der Waals surface area contributed by atoms with Gasteiger partial charge in [0.15, 0.2) is 6.61 Å². The molecule has 1 fully saturated rings. The minimum Gasteiger partial charge on any atom is -0.452 e. The van der Waals surface area contributed by atoms with Crippen LogP contribution in [0.15, 0.2) is 54.6 Å². The first-order valence-electron chi connectivity index (χ1n) is 9.55. The lowest BCUT2D eigenvalue weighted by molar-refractivity contribution is -0.154. The number of carbonyl (C=O) groups excluding carboxylic acids is 2. The zero-order valence-corrected chi connectivity index (χ0v) is 17.3. The molecule has 0 aliphatic carbocycles. The van der Waals surface area contributed by atoms with E-state index in [-0.39, 0.29) is 24.7 Å². The van der Waals surface area contributed by atoms with Crippen LogP contribution in [0.25, 0.3) is 11.6 Å². The molecule has 29 heavy (non-hydrogen) atoms. The standard InChI is InChI=1S/C23H24ClNO4/c1-16-13-25(14-17(2)29-16)22(26)15-28-23(27)21(12-18-6-4-3-5-7-18)19-8-10-20(24)11-9-19/h3-12,16-17H,13-15H2,1-2H3/b21-12+/t16-,17-/m1/s1. The lowest BCUT2D eigenvalue weighted by Crippen LogP contribution is -2.49. The maximum atomic E-state index is 12.8. The first kappa shape index (κ1) is 21.1. The van der Waals surface area contributed by atoms with Crippen molar-refractivity contribution in [1.29, 1.82) is 0 Å². The van der Waals surface area contributed by atoms with Crippen LogP contribution in [0.2, 0.25) is 5.02 Å². The fourth-order valence-electron chi connectivity index (χ4n) is 3.28. The molecule has 1 aliphatic rings. The third kappa shape index (κ3) is 5.92. The van der Waals surface area contributed by atoms with Gasteiger partial charge < -0.3 is 14.4 Å². The maximum Gasteiger partial charge on any atom is 0.339 e. The van der Waals surface area contributed by atoms with Crippen LogP contribution >= 0.6 is 11.6 Å². The summed E-state index contributed by atoms with van der Waals surface area (Å²) in [6.45, 7) is 4.51. The van der Waals surface area contributed by atoms with E-state index in [4.69, 9.17) is 21.1 Å². The molecule has 0 saturated carbocycles. The predicted octanol–water partition coefficient (Wildman–Crippen LogP) is 4.06. The highest BCUT2D eigenvalue weighted by Crippen LogP contribution is 2.22. The zero-order valence-electron chi connectivity index (χ0n) is 16.5. The number of halogens is 1. The van der Waals surface area contributed by atoms with Crippen molar-refractivity contribution < 1.29 is 19.1 Å². The Balaban J connectivity index is 1.74. The summed E-state index contributed by atoms with van der Waals surface area (Å²) in [7, 11) is 0. The van der Waals surface area contributed by atoms with Gasteiger partial charge in [-0.05, 0) is 43.2 Å². The van der Waals surface area contributed by atoms with Crippen molar-refractivity contribution in [2.24, 2.45) is 0 Å². The Labute approximate surface area is 175 Å². The normalized spacial score (nSPS) is 19.7. The van der Waals surface area contributed by atoms with E-state index < -0.39 is 5.97 Å². The number of amides is 1. The summed E-state index contributed by atoms with van der Waals surface area (Å²) in [5.41, 5.74) is 1.89. The van der Waals surface area contributed by atoms with Crippen molar-refractivity contribution in [2.75, 3.05) is 19.7 Å². The lowest BCUT2D eigenvalue weighted by Gasteiger charge is -2.35. The Morgan fingerprint density at radius 1 is 1.07 bits per heavy atom. The topological polar surface area (TPSA) is 55.8 Å². The van der Waals surface area contributed by atoms with E-state index in [9.17, 15) is 9.59 Å². The van der Waals surface area contributed by atoms with Gasteiger partial charge in [0.05, 0.1) is 17.8 Å². The van der Waals surface area contributed by atoms with Gasteiger partial charge in [-0.25, -0.2) is 4.79 Å². The van der Waals surface area contributed by atoms with Crippen LogP contribution in [0, 0.1) is 0 Å². The molecule has 6 heteroatoms. The molecule has 2 atom stereocenters. The molecule has 1 heterocycles. The Morgan fingerprint density at radius 2 is 1.69 bits per heavy atom. The smallest absolute Gasteiger partial charge is 0.339 e. The van der Waals surface area contributed by atoms with E-state index in [1.165, 1.54) is 0 Å². The average molecular weight is 414 g/mol. The largest absolute Gasteiger partial charge is 0.452 e. The van der Waals surface area contributed by atoms with E-state index in [2.05, 4.69) is 0 Å². The highest BCUT2D eigenvalue weighted by Gasteiger charge is 2.27. The first-order valence-corrected chi connectivity index (χ1v) is 9.93. The second kappa shape index (κ2) is 9.72. The van der Waals surface area contributed by atoms with E-state index in [1.807, 2.05) is 44.2 Å². The molecule has 2 aromatic carbocycles. The Morgan fingerprint density at radius 3 is 2.31 bits per heavy atom. The van der Waals surface area contributed by atoms with Gasteiger partial charge in [-0.3, -0.25) is 4.79 Å². The SMILES string of the molecule is C[C@@H]1CN(C(=O)COC(=O)/C(=C/c2ccccc2)c2ccc(Cl)cc2)C[C@@H](C)O1. The van der Waals surface area contributed by atoms with Crippen molar-refractivity contribution >= 4 is 35.1 Å². The highest BCUT2D eigenvalue weighted by atomic mass is 35.5. The molecule has 152 valence electrons. The Bertz CT molecular complexity index is 870. The molecule has 5 nitrogen and oxygen atoms in total. The number of rotatable bonds is 5. The molecule has 0 unspecified atom stereocenters. The fraction of sp³-hybridized carbons (Fsp3) is 0.304. The number of hydrogen-bond donors (Lipinski definition) is 0. The average Bonchev–Trinajstić information content (AvgIpc) is 2.71. The van der Waals surface area contributed by atoms with E-state index in [1.54, 1.807) is 35.2 Å². The van der Waals surface area contributed by atoms with E-state index in [0.717, 1.165) is 5.56 Å². The molecule has 1 saturated heterocycles. The van der Waals surface area contributed by atoms with Gasteiger partial charge in [-0.2, -0.15) is 0 Å². The van der Waals surface area contributed by atoms with Crippen molar-refractivity contribution in [1.82, 2.24) is 4.90 Å². The second-order valence-electron chi connectivity index (χ2n) is 7.11. The number of morpholine rings is 1. The van der Waals surface area contributed by atoms with Crippen LogP contribution in [0.4, 0.5) is 0 Å². The highest BCUT2D eigenvalue weighted by molar-refractivity contribution is 6.30.